The Balaban J connectivity index is 1.87. The highest BCUT2D eigenvalue weighted by Crippen LogP contribution is 2.38. The molecule has 35 heavy (non-hydrogen) atoms. The summed E-state index contributed by atoms with van der Waals surface area (Å²) in [7, 11) is 2.66. The SMILES string of the molecule is CSSC(C)c1ccccc1C(=O)OC1C[C@H](n2cc(C#CCN)c(=O)[nH]c2=O)O[C@@H]1COP=O. The first-order valence-electron chi connectivity index (χ1n) is 10.5. The van der Waals surface area contributed by atoms with Crippen molar-refractivity contribution < 1.29 is 23.4 Å². The quantitative estimate of drug-likeness (QED) is 0.212. The van der Waals surface area contributed by atoms with Gasteiger partial charge in [0.15, 0.2) is 0 Å². The molecular formula is C22H24N3O7PS2. The molecule has 10 nitrogen and oxygen atoms in total. The van der Waals surface area contributed by atoms with E-state index in [1.807, 2.05) is 25.3 Å². The summed E-state index contributed by atoms with van der Waals surface area (Å²) in [6, 6.07) is 7.18. The summed E-state index contributed by atoms with van der Waals surface area (Å²) >= 11 is 0. The number of hydrogen-bond donors (Lipinski definition) is 2. The maximum absolute atomic E-state index is 13.1. The van der Waals surface area contributed by atoms with E-state index in [0.717, 1.165) is 5.56 Å². The minimum absolute atomic E-state index is 0.0409. The lowest BCUT2D eigenvalue weighted by atomic mass is 10.0. The molecule has 3 N–H and O–H groups in total. The molecule has 0 spiro atoms. The largest absolute Gasteiger partial charge is 0.456 e. The van der Waals surface area contributed by atoms with Gasteiger partial charge in [-0.05, 0) is 24.8 Å². The number of rotatable bonds is 9. The summed E-state index contributed by atoms with van der Waals surface area (Å²) in [5.74, 6) is 4.64. The minimum atomic E-state index is -0.881. The van der Waals surface area contributed by atoms with Crippen LogP contribution in [0.1, 0.15) is 46.3 Å². The van der Waals surface area contributed by atoms with Crippen LogP contribution < -0.4 is 17.0 Å². The highest BCUT2D eigenvalue weighted by Gasteiger charge is 2.40. The van der Waals surface area contributed by atoms with Crippen molar-refractivity contribution in [2.24, 2.45) is 5.73 Å². The second kappa shape index (κ2) is 13.1. The van der Waals surface area contributed by atoms with Crippen molar-refractivity contribution in [2.45, 2.75) is 37.0 Å². The number of ether oxygens (including phenoxy) is 2. The van der Waals surface area contributed by atoms with Gasteiger partial charge in [-0.3, -0.25) is 18.9 Å². The zero-order chi connectivity index (χ0) is 25.4. The van der Waals surface area contributed by atoms with Gasteiger partial charge in [0, 0.05) is 17.9 Å². The predicted octanol–water partition coefficient (Wildman–Crippen LogP) is 2.66. The molecular weight excluding hydrogens is 513 g/mol. The molecule has 3 rings (SSSR count). The lowest BCUT2D eigenvalue weighted by molar-refractivity contribution is -0.0461. The lowest BCUT2D eigenvalue weighted by Gasteiger charge is -2.19. The fourth-order valence-corrected chi connectivity index (χ4v) is 5.60. The van der Waals surface area contributed by atoms with Crippen molar-refractivity contribution in [1.29, 1.82) is 0 Å². The Hall–Kier alpha value is -2.39. The number of aromatic amines is 1. The predicted molar refractivity (Wildman–Crippen MR) is 135 cm³/mol. The van der Waals surface area contributed by atoms with Crippen LogP contribution in [0.2, 0.25) is 0 Å². The normalized spacial score (nSPS) is 20.3. The summed E-state index contributed by atoms with van der Waals surface area (Å²) in [6.07, 6.45) is 0.857. The van der Waals surface area contributed by atoms with Crippen LogP contribution in [0, 0.1) is 11.8 Å². The number of esters is 1. The summed E-state index contributed by atoms with van der Waals surface area (Å²) in [5, 5.41) is 0.0486. The number of nitrogens with zero attached hydrogens (tertiary/aromatic N) is 1. The first-order chi connectivity index (χ1) is 16.9. The number of aromatic nitrogens is 2. The van der Waals surface area contributed by atoms with Crippen LogP contribution >= 0.6 is 30.3 Å². The van der Waals surface area contributed by atoms with Gasteiger partial charge < -0.3 is 15.2 Å². The van der Waals surface area contributed by atoms with E-state index in [1.54, 1.807) is 33.7 Å². The van der Waals surface area contributed by atoms with Crippen LogP contribution in [0.4, 0.5) is 0 Å². The summed E-state index contributed by atoms with van der Waals surface area (Å²) < 4.78 is 28.7. The van der Waals surface area contributed by atoms with Gasteiger partial charge >= 0.3 is 20.3 Å². The Morgan fingerprint density at radius 2 is 2.17 bits per heavy atom. The highest BCUT2D eigenvalue weighted by molar-refractivity contribution is 8.76. The average molecular weight is 538 g/mol. The summed E-state index contributed by atoms with van der Waals surface area (Å²) in [4.78, 5) is 39.8. The molecule has 0 radical (unpaired) electrons. The van der Waals surface area contributed by atoms with E-state index >= 15 is 0 Å². The van der Waals surface area contributed by atoms with Crippen LogP contribution in [0.3, 0.4) is 0 Å². The van der Waals surface area contributed by atoms with Crippen molar-refractivity contribution in [3.8, 4) is 11.8 Å². The van der Waals surface area contributed by atoms with Gasteiger partial charge in [0.2, 0.25) is 0 Å². The molecule has 1 fully saturated rings. The van der Waals surface area contributed by atoms with E-state index in [2.05, 4.69) is 16.8 Å². The minimum Gasteiger partial charge on any atom is -0.456 e. The molecule has 1 saturated heterocycles. The molecule has 0 bridgehead atoms. The van der Waals surface area contributed by atoms with Gasteiger partial charge in [-0.2, -0.15) is 0 Å². The monoisotopic (exact) mass is 537 g/mol. The molecule has 1 aliphatic heterocycles. The standard InChI is InChI=1S/C22H24N3O7PS2/c1-13(35-34-2)15-7-3-4-8-16(15)21(27)32-17-10-19(31-18(17)12-30-33-29)25-11-14(6-5-9-23)20(26)24-22(25)28/h3-4,7-8,11,13,17-19H,9-10,12,23H2,1-2H3,(H,24,26,28)/t13?,17?,18-,19-/m1/s1. The number of nitrogens with two attached hydrogens (primary N) is 1. The van der Waals surface area contributed by atoms with Gasteiger partial charge in [0.25, 0.3) is 5.56 Å². The van der Waals surface area contributed by atoms with Crippen LogP contribution in [0.15, 0.2) is 40.1 Å². The van der Waals surface area contributed by atoms with Crippen molar-refractivity contribution in [3.05, 3.63) is 68.0 Å². The van der Waals surface area contributed by atoms with Crippen molar-refractivity contribution in [3.63, 3.8) is 0 Å². The Morgan fingerprint density at radius 3 is 2.89 bits per heavy atom. The highest BCUT2D eigenvalue weighted by atomic mass is 33.1. The molecule has 0 aliphatic carbocycles. The molecule has 2 heterocycles. The molecule has 0 saturated carbocycles. The second-order valence-corrected chi connectivity index (χ2v) is 10.6. The van der Waals surface area contributed by atoms with Crippen molar-refractivity contribution in [2.75, 3.05) is 19.4 Å². The second-order valence-electron chi connectivity index (χ2n) is 7.39. The van der Waals surface area contributed by atoms with E-state index < -0.39 is 44.3 Å². The molecule has 1 aliphatic rings. The molecule has 13 heteroatoms. The summed E-state index contributed by atoms with van der Waals surface area (Å²) in [5.41, 5.74) is 5.31. The number of carbonyl (C=O) groups excluding carboxylic acids is 1. The average Bonchev–Trinajstić information content (AvgIpc) is 3.24. The van der Waals surface area contributed by atoms with Gasteiger partial charge in [0.05, 0.1) is 18.7 Å². The third kappa shape index (κ3) is 6.85. The zero-order valence-electron chi connectivity index (χ0n) is 19.0. The maximum Gasteiger partial charge on any atom is 0.338 e. The molecule has 2 unspecified atom stereocenters. The third-order valence-electron chi connectivity index (χ3n) is 5.19. The molecule has 2 aromatic rings. The van der Waals surface area contributed by atoms with Crippen LogP contribution in [0.25, 0.3) is 0 Å². The van der Waals surface area contributed by atoms with Crippen LogP contribution in [-0.4, -0.2) is 47.1 Å². The molecule has 0 amide bonds. The van der Waals surface area contributed by atoms with E-state index in [1.165, 1.54) is 10.8 Å². The number of carbonyl (C=O) groups is 1. The molecule has 1 aromatic carbocycles. The Bertz CT molecular complexity index is 1240. The van der Waals surface area contributed by atoms with Crippen molar-refractivity contribution >= 4 is 36.2 Å². The lowest BCUT2D eigenvalue weighted by Crippen LogP contribution is -2.33. The first kappa shape index (κ1) is 27.2. The first-order valence-corrected chi connectivity index (χ1v) is 13.9. The van der Waals surface area contributed by atoms with E-state index in [9.17, 15) is 18.9 Å². The van der Waals surface area contributed by atoms with Gasteiger partial charge in [-0.15, -0.1) is 0 Å². The van der Waals surface area contributed by atoms with Crippen LogP contribution in [-0.2, 0) is 18.6 Å². The number of nitrogens with one attached hydrogen (secondary N) is 1. The summed E-state index contributed by atoms with van der Waals surface area (Å²) in [6.45, 7) is 1.90. The van der Waals surface area contributed by atoms with Crippen molar-refractivity contribution in [1.82, 2.24) is 9.55 Å². The smallest absolute Gasteiger partial charge is 0.338 e. The maximum atomic E-state index is 13.1. The number of benzene rings is 1. The van der Waals surface area contributed by atoms with Crippen LogP contribution in [0.5, 0.6) is 0 Å². The molecule has 186 valence electrons. The fraction of sp³-hybridized carbons (Fsp3) is 0.409. The van der Waals surface area contributed by atoms with E-state index in [-0.39, 0.29) is 30.4 Å². The number of H-pyrrole nitrogens is 1. The Morgan fingerprint density at radius 1 is 1.40 bits per heavy atom. The zero-order valence-corrected chi connectivity index (χ0v) is 21.5. The Kier molecular flexibility index (Phi) is 10.2. The molecule has 1 aromatic heterocycles. The Labute approximate surface area is 211 Å². The van der Waals surface area contributed by atoms with E-state index in [0.29, 0.717) is 5.56 Å². The topological polar surface area (TPSA) is 143 Å². The third-order valence-corrected chi connectivity index (χ3v) is 7.63. The van der Waals surface area contributed by atoms with E-state index in [4.69, 9.17) is 19.7 Å². The van der Waals surface area contributed by atoms with Gasteiger partial charge in [-0.25, -0.2) is 14.2 Å². The van der Waals surface area contributed by atoms with Gasteiger partial charge in [-0.1, -0.05) is 51.6 Å². The number of hydrogen-bond acceptors (Lipinski definition) is 10. The fourth-order valence-electron chi connectivity index (χ4n) is 3.62. The van der Waals surface area contributed by atoms with Gasteiger partial charge in [0.1, 0.15) is 24.0 Å². The molecule has 4 atom stereocenters.